The first-order chi connectivity index (χ1) is 14.4. The number of hydrogen-bond donors (Lipinski definition) is 1. The molecule has 1 amide bonds. The van der Waals surface area contributed by atoms with Gasteiger partial charge in [0.05, 0.1) is 24.3 Å². The maximum Gasteiger partial charge on any atom is 0.337 e. The number of carbonyl (C=O) groups is 2. The lowest BCUT2D eigenvalue weighted by atomic mass is 9.78. The summed E-state index contributed by atoms with van der Waals surface area (Å²) < 4.78 is 16.2. The number of hydrogen-bond acceptors (Lipinski definition) is 6. The van der Waals surface area contributed by atoms with E-state index in [1.54, 1.807) is 30.3 Å². The quantitative estimate of drug-likeness (QED) is 0.776. The molecule has 1 aliphatic heterocycles. The van der Waals surface area contributed by atoms with Crippen LogP contribution in [0.2, 0.25) is 0 Å². The minimum absolute atomic E-state index is 0.0101. The first-order valence-electron chi connectivity index (χ1n) is 10.2. The standard InChI is InChI=1S/C23H27NO6/c1-13-8-19(14(2)29-13)22(26)24-11-16-9-20(25)21(10-17(16)12-24)30-18-6-4-15(5-7-18)23(27)28-3/h4-8,16-17,20-21,25H,9-12H2,1-3H3/t16-,17+,20-,21-/m0/s1. The maximum absolute atomic E-state index is 12.9. The van der Waals surface area contributed by atoms with Crippen LogP contribution in [0.4, 0.5) is 0 Å². The molecular formula is C23H27NO6. The first-order valence-corrected chi connectivity index (χ1v) is 10.2. The molecule has 0 bridgehead atoms. The zero-order chi connectivity index (χ0) is 21.4. The fourth-order valence-corrected chi connectivity index (χ4v) is 4.66. The normalized spacial score (nSPS) is 25.7. The Balaban J connectivity index is 1.40. The van der Waals surface area contributed by atoms with Gasteiger partial charge >= 0.3 is 5.97 Å². The Bertz CT molecular complexity index is 934. The third kappa shape index (κ3) is 3.94. The van der Waals surface area contributed by atoms with Crippen molar-refractivity contribution in [3.8, 4) is 5.75 Å². The molecule has 1 saturated heterocycles. The lowest BCUT2D eigenvalue weighted by Gasteiger charge is -2.35. The van der Waals surface area contributed by atoms with E-state index < -0.39 is 12.1 Å². The predicted molar refractivity (Wildman–Crippen MR) is 109 cm³/mol. The second kappa shape index (κ2) is 8.14. The molecule has 7 nitrogen and oxygen atoms in total. The van der Waals surface area contributed by atoms with Crippen molar-refractivity contribution in [1.82, 2.24) is 4.90 Å². The van der Waals surface area contributed by atoms with E-state index >= 15 is 0 Å². The highest BCUT2D eigenvalue weighted by Gasteiger charge is 2.44. The molecule has 1 aromatic heterocycles. The molecule has 160 valence electrons. The van der Waals surface area contributed by atoms with E-state index in [2.05, 4.69) is 0 Å². The molecule has 0 unspecified atom stereocenters. The molecule has 2 fully saturated rings. The lowest BCUT2D eigenvalue weighted by molar-refractivity contribution is -0.0231. The van der Waals surface area contributed by atoms with E-state index in [0.29, 0.717) is 48.6 Å². The van der Waals surface area contributed by atoms with E-state index in [-0.39, 0.29) is 23.8 Å². The third-order valence-electron chi connectivity index (χ3n) is 6.21. The van der Waals surface area contributed by atoms with Crippen LogP contribution in [0.15, 0.2) is 34.7 Å². The number of aliphatic hydroxyl groups excluding tert-OH is 1. The third-order valence-corrected chi connectivity index (χ3v) is 6.21. The van der Waals surface area contributed by atoms with Crippen molar-refractivity contribution in [2.75, 3.05) is 20.2 Å². The molecule has 2 heterocycles. The van der Waals surface area contributed by atoms with Crippen molar-refractivity contribution in [2.45, 2.75) is 38.9 Å². The summed E-state index contributed by atoms with van der Waals surface area (Å²) in [4.78, 5) is 26.4. The number of rotatable bonds is 4. The zero-order valence-electron chi connectivity index (χ0n) is 17.5. The number of benzene rings is 1. The summed E-state index contributed by atoms with van der Waals surface area (Å²) in [6, 6.07) is 8.49. The summed E-state index contributed by atoms with van der Waals surface area (Å²) in [5.41, 5.74) is 1.06. The van der Waals surface area contributed by atoms with Gasteiger partial charge < -0.3 is 23.9 Å². The van der Waals surface area contributed by atoms with Crippen molar-refractivity contribution >= 4 is 11.9 Å². The van der Waals surface area contributed by atoms with E-state index in [0.717, 1.165) is 5.76 Å². The van der Waals surface area contributed by atoms with E-state index in [1.807, 2.05) is 18.7 Å². The maximum atomic E-state index is 12.9. The molecule has 1 N–H and O–H groups in total. The Hall–Kier alpha value is -2.80. The van der Waals surface area contributed by atoms with Crippen LogP contribution >= 0.6 is 0 Å². The topological polar surface area (TPSA) is 89.2 Å². The number of carbonyl (C=O) groups excluding carboxylic acids is 2. The highest BCUT2D eigenvalue weighted by molar-refractivity contribution is 5.95. The summed E-state index contributed by atoms with van der Waals surface area (Å²) >= 11 is 0. The number of amides is 1. The van der Waals surface area contributed by atoms with Crippen LogP contribution in [0.1, 0.15) is 45.1 Å². The second-order valence-electron chi connectivity index (χ2n) is 8.27. The molecule has 1 aliphatic carbocycles. The van der Waals surface area contributed by atoms with Gasteiger partial charge in [0.15, 0.2) is 0 Å². The molecule has 7 heteroatoms. The van der Waals surface area contributed by atoms with Gasteiger partial charge in [0.25, 0.3) is 5.91 Å². The first kappa shape index (κ1) is 20.5. The van der Waals surface area contributed by atoms with Gasteiger partial charge in [-0.05, 0) is 68.9 Å². The van der Waals surface area contributed by atoms with Crippen molar-refractivity contribution in [3.05, 3.63) is 53.0 Å². The van der Waals surface area contributed by atoms with Gasteiger partial charge in [0.1, 0.15) is 23.4 Å². The number of nitrogens with zero attached hydrogens (tertiary/aromatic N) is 1. The van der Waals surface area contributed by atoms with Gasteiger partial charge in [-0.1, -0.05) is 0 Å². The molecule has 4 rings (SSSR count). The van der Waals surface area contributed by atoms with Crippen molar-refractivity contribution in [1.29, 1.82) is 0 Å². The Morgan fingerprint density at radius 1 is 1.10 bits per heavy atom. The minimum atomic E-state index is -0.598. The summed E-state index contributed by atoms with van der Waals surface area (Å²) in [6.45, 7) is 4.94. The van der Waals surface area contributed by atoms with E-state index in [4.69, 9.17) is 13.9 Å². The lowest BCUT2D eigenvalue weighted by Crippen LogP contribution is -2.42. The van der Waals surface area contributed by atoms with Crippen LogP contribution < -0.4 is 4.74 Å². The van der Waals surface area contributed by atoms with E-state index in [9.17, 15) is 14.7 Å². The average Bonchev–Trinajstić information content (AvgIpc) is 3.29. The summed E-state index contributed by atoms with van der Waals surface area (Å²) in [6.07, 6.45) is 0.336. The van der Waals surface area contributed by atoms with Crippen LogP contribution in [0.5, 0.6) is 5.75 Å². The molecule has 1 saturated carbocycles. The van der Waals surface area contributed by atoms with Gasteiger partial charge in [0.2, 0.25) is 0 Å². The Morgan fingerprint density at radius 2 is 1.77 bits per heavy atom. The largest absolute Gasteiger partial charge is 0.488 e. The van der Waals surface area contributed by atoms with Crippen LogP contribution in [0.3, 0.4) is 0 Å². The number of furan rings is 1. The fourth-order valence-electron chi connectivity index (χ4n) is 4.66. The van der Waals surface area contributed by atoms with Crippen LogP contribution in [0.25, 0.3) is 0 Å². The molecule has 0 radical (unpaired) electrons. The Labute approximate surface area is 175 Å². The number of fused-ring (bicyclic) bond motifs is 1. The van der Waals surface area contributed by atoms with Crippen molar-refractivity contribution < 1.29 is 28.6 Å². The van der Waals surface area contributed by atoms with Crippen LogP contribution in [0, 0.1) is 25.7 Å². The number of methoxy groups -OCH3 is 1. The number of aryl methyl sites for hydroxylation is 2. The van der Waals surface area contributed by atoms with Gasteiger partial charge in [-0.3, -0.25) is 4.79 Å². The van der Waals surface area contributed by atoms with E-state index in [1.165, 1.54) is 7.11 Å². The van der Waals surface area contributed by atoms with Gasteiger partial charge in [-0.25, -0.2) is 4.79 Å². The summed E-state index contributed by atoms with van der Waals surface area (Å²) in [5.74, 6) is 2.10. The number of aliphatic hydroxyl groups is 1. The smallest absolute Gasteiger partial charge is 0.337 e. The average molecular weight is 413 g/mol. The van der Waals surface area contributed by atoms with Gasteiger partial charge in [0, 0.05) is 13.1 Å². The molecule has 0 spiro atoms. The fraction of sp³-hybridized carbons (Fsp3) is 0.478. The predicted octanol–water partition coefficient (Wildman–Crippen LogP) is 2.97. The molecule has 2 aromatic rings. The van der Waals surface area contributed by atoms with Gasteiger partial charge in [-0.2, -0.15) is 0 Å². The molecular weight excluding hydrogens is 386 g/mol. The SMILES string of the molecule is COC(=O)c1ccc(O[C@H]2C[C@@H]3CN(C(=O)c4cc(C)oc4C)C[C@@H]3C[C@@H]2O)cc1. The van der Waals surface area contributed by atoms with Crippen molar-refractivity contribution in [3.63, 3.8) is 0 Å². The number of esters is 1. The monoisotopic (exact) mass is 413 g/mol. The highest BCUT2D eigenvalue weighted by Crippen LogP contribution is 2.38. The number of likely N-dealkylation sites (tertiary alicyclic amines) is 1. The molecule has 30 heavy (non-hydrogen) atoms. The second-order valence-corrected chi connectivity index (χ2v) is 8.27. The minimum Gasteiger partial charge on any atom is -0.488 e. The summed E-state index contributed by atoms with van der Waals surface area (Å²) in [7, 11) is 1.34. The van der Waals surface area contributed by atoms with Gasteiger partial charge in [-0.15, -0.1) is 0 Å². The summed E-state index contributed by atoms with van der Waals surface area (Å²) in [5, 5.41) is 10.6. The molecule has 4 atom stereocenters. The van der Waals surface area contributed by atoms with Crippen LogP contribution in [-0.4, -0.2) is 54.3 Å². The Kier molecular flexibility index (Phi) is 5.56. The zero-order valence-corrected chi connectivity index (χ0v) is 17.5. The number of ether oxygens (including phenoxy) is 2. The highest BCUT2D eigenvalue weighted by atomic mass is 16.5. The molecule has 2 aliphatic rings. The van der Waals surface area contributed by atoms with Crippen molar-refractivity contribution in [2.24, 2.45) is 11.8 Å². The molecule has 1 aromatic carbocycles. The Morgan fingerprint density at radius 3 is 2.37 bits per heavy atom. The van der Waals surface area contributed by atoms with Crippen LogP contribution in [-0.2, 0) is 4.74 Å².